The molecule has 0 atom stereocenters. The van der Waals surface area contributed by atoms with E-state index in [0.29, 0.717) is 5.56 Å². The summed E-state index contributed by atoms with van der Waals surface area (Å²) in [6.07, 6.45) is 3.28. The van der Waals surface area contributed by atoms with Gasteiger partial charge in [0.25, 0.3) is 6.71 Å². The van der Waals surface area contributed by atoms with Gasteiger partial charge in [0.05, 0.1) is 5.69 Å². The van der Waals surface area contributed by atoms with E-state index in [1.807, 2.05) is 23.5 Å². The number of nitrogens with zero attached hydrogens (tertiary/aromatic N) is 2. The van der Waals surface area contributed by atoms with Gasteiger partial charge in [-0.2, -0.15) is 0 Å². The maximum atomic E-state index is 9.13. The third kappa shape index (κ3) is 5.52. The van der Waals surface area contributed by atoms with E-state index < -0.39 is 6.85 Å². The Bertz CT molecular complexity index is 3160. The van der Waals surface area contributed by atoms with E-state index in [1.165, 1.54) is 69.9 Å². The molecule has 0 saturated carbocycles. The van der Waals surface area contributed by atoms with E-state index in [-0.39, 0.29) is 33.8 Å². The first-order valence-corrected chi connectivity index (χ1v) is 23.4. The summed E-state index contributed by atoms with van der Waals surface area (Å²) in [5, 5.41) is 2.43. The fourth-order valence-corrected chi connectivity index (χ4v) is 13.5. The molecular weight excluding hydrogens is 756 g/mol. The van der Waals surface area contributed by atoms with Gasteiger partial charge in [0.15, 0.2) is 0 Å². The molecule has 7 aromatic rings. The standard InChI is InChI=1S/C57H61BN2S/c1-33-25-47-52-48(26-33)60(44-18-16-20-50-51(44)36-17-14-15-19-49(36)61-50)46-31-40-38(56(10,11)32-57(40,12)13)29-42(46)58(52)41-28-37-39(55(8,9)24-23-54(37,6)7)30-45(41)59(47)43-22-21-35(27-34(43)2)53(3,4)5/h14-22,25-31H,23-24,32H2,1-13H3/i1D3. The Morgan fingerprint density at radius 2 is 1.13 bits per heavy atom. The van der Waals surface area contributed by atoms with Gasteiger partial charge in [0, 0.05) is 52.7 Å². The summed E-state index contributed by atoms with van der Waals surface area (Å²) < 4.78 is 29.9. The lowest BCUT2D eigenvalue weighted by Gasteiger charge is -2.48. The minimum Gasteiger partial charge on any atom is -0.311 e. The van der Waals surface area contributed by atoms with Crippen LogP contribution in [0.25, 0.3) is 20.2 Å². The van der Waals surface area contributed by atoms with Gasteiger partial charge in [0.2, 0.25) is 0 Å². The van der Waals surface area contributed by atoms with Gasteiger partial charge in [-0.05, 0) is 164 Å². The molecule has 11 rings (SSSR count). The van der Waals surface area contributed by atoms with Crippen molar-refractivity contribution in [1.29, 1.82) is 0 Å². The topological polar surface area (TPSA) is 6.48 Å². The van der Waals surface area contributed by atoms with Crippen LogP contribution in [0.2, 0.25) is 0 Å². The highest BCUT2D eigenvalue weighted by atomic mass is 32.1. The fourth-order valence-electron chi connectivity index (χ4n) is 12.4. The largest absolute Gasteiger partial charge is 0.311 e. The van der Waals surface area contributed by atoms with Crippen molar-refractivity contribution >= 4 is 88.7 Å². The van der Waals surface area contributed by atoms with Crippen LogP contribution in [0.3, 0.4) is 0 Å². The lowest BCUT2D eigenvalue weighted by Crippen LogP contribution is -2.62. The third-order valence-corrected chi connectivity index (χ3v) is 16.6. The number of hydrogen-bond donors (Lipinski definition) is 0. The lowest BCUT2D eigenvalue weighted by atomic mass is 9.32. The molecule has 0 spiro atoms. The van der Waals surface area contributed by atoms with Crippen LogP contribution in [-0.2, 0) is 27.1 Å². The zero-order valence-electron chi connectivity index (χ0n) is 41.2. The number of thiophene rings is 1. The molecule has 0 unspecified atom stereocenters. The van der Waals surface area contributed by atoms with E-state index in [0.717, 1.165) is 53.4 Å². The molecule has 0 saturated heterocycles. The average Bonchev–Trinajstić information content (AvgIpc) is 3.68. The summed E-state index contributed by atoms with van der Waals surface area (Å²) in [5.41, 5.74) is 18.5. The van der Waals surface area contributed by atoms with Gasteiger partial charge in [-0.3, -0.25) is 0 Å². The smallest absolute Gasteiger partial charge is 0.252 e. The highest BCUT2D eigenvalue weighted by Crippen LogP contribution is 2.55. The maximum Gasteiger partial charge on any atom is 0.252 e. The molecule has 61 heavy (non-hydrogen) atoms. The molecule has 4 heteroatoms. The zero-order chi connectivity index (χ0) is 45.4. The predicted molar refractivity (Wildman–Crippen MR) is 267 cm³/mol. The molecule has 4 aliphatic rings. The summed E-state index contributed by atoms with van der Waals surface area (Å²) in [4.78, 5) is 4.94. The predicted octanol–water partition coefficient (Wildman–Crippen LogP) is 14.4. The molecule has 308 valence electrons. The van der Waals surface area contributed by atoms with E-state index >= 15 is 0 Å². The maximum absolute atomic E-state index is 9.13. The number of aryl methyl sites for hydroxylation is 2. The number of benzene rings is 6. The first kappa shape index (κ1) is 35.8. The van der Waals surface area contributed by atoms with Crippen LogP contribution in [0.4, 0.5) is 34.1 Å². The lowest BCUT2D eigenvalue weighted by molar-refractivity contribution is 0.332. The van der Waals surface area contributed by atoms with Gasteiger partial charge >= 0.3 is 0 Å². The van der Waals surface area contributed by atoms with Crippen LogP contribution in [0.5, 0.6) is 0 Å². The highest BCUT2D eigenvalue weighted by Gasteiger charge is 2.50. The number of hydrogen-bond acceptors (Lipinski definition) is 3. The number of fused-ring (bicyclic) bond motifs is 9. The molecule has 0 radical (unpaired) electrons. The van der Waals surface area contributed by atoms with Crippen LogP contribution < -0.4 is 26.2 Å². The SMILES string of the molecule is [2H]C([2H])([2H])c1cc2c3c(c1)N(c1cccc4sc5ccccc5c14)c1cc4c(cc1B3c1cc3c(cc1N2c1ccc(C(C)(C)C)cc1C)C(C)(C)CCC3(C)C)C(C)(C)CC4(C)C. The number of rotatable bonds is 2. The van der Waals surface area contributed by atoms with Crippen molar-refractivity contribution < 1.29 is 4.11 Å². The monoisotopic (exact) mass is 819 g/mol. The average molecular weight is 820 g/mol. The summed E-state index contributed by atoms with van der Waals surface area (Å²) in [5.74, 6) is 0. The molecule has 3 heterocycles. The minimum atomic E-state index is -2.35. The Labute approximate surface area is 373 Å². The molecule has 6 aromatic carbocycles. The van der Waals surface area contributed by atoms with Crippen LogP contribution >= 0.6 is 11.3 Å². The Hall–Kier alpha value is -4.80. The van der Waals surface area contributed by atoms with Crippen molar-refractivity contribution in [2.24, 2.45) is 0 Å². The first-order valence-electron chi connectivity index (χ1n) is 24.1. The Balaban J connectivity index is 1.33. The second-order valence-electron chi connectivity index (χ2n) is 22.7. The van der Waals surface area contributed by atoms with Crippen LogP contribution in [0.1, 0.15) is 138 Å². The molecule has 0 bridgehead atoms. The second kappa shape index (κ2) is 12.4. The Morgan fingerprint density at radius 3 is 1.74 bits per heavy atom. The molecule has 1 aromatic heterocycles. The normalized spacial score (nSPS) is 19.7. The van der Waals surface area contributed by atoms with Crippen molar-refractivity contribution in [3.63, 3.8) is 0 Å². The van der Waals surface area contributed by atoms with Crippen LogP contribution in [-0.4, -0.2) is 6.71 Å². The third-order valence-electron chi connectivity index (χ3n) is 15.4. The summed E-state index contributed by atoms with van der Waals surface area (Å²) in [6.45, 7) is 25.9. The van der Waals surface area contributed by atoms with Crippen molar-refractivity contribution in [3.8, 4) is 0 Å². The highest BCUT2D eigenvalue weighted by molar-refractivity contribution is 7.26. The summed E-state index contributed by atoms with van der Waals surface area (Å²) in [6, 6.07) is 36.7. The first-order chi connectivity index (χ1) is 29.9. The van der Waals surface area contributed by atoms with Gasteiger partial charge in [-0.25, -0.2) is 0 Å². The van der Waals surface area contributed by atoms with E-state index in [9.17, 15) is 0 Å². The van der Waals surface area contributed by atoms with Crippen LogP contribution in [0, 0.1) is 13.8 Å². The van der Waals surface area contributed by atoms with Gasteiger partial charge in [0.1, 0.15) is 0 Å². The molecule has 2 aliphatic carbocycles. The zero-order valence-corrected chi connectivity index (χ0v) is 39.1. The molecule has 2 nitrogen and oxygen atoms in total. The minimum absolute atomic E-state index is 0.00760. The van der Waals surface area contributed by atoms with Crippen molar-refractivity contribution in [1.82, 2.24) is 0 Å². The van der Waals surface area contributed by atoms with Crippen molar-refractivity contribution in [2.45, 2.75) is 136 Å². The molecular formula is C57H61BN2S. The molecule has 0 fully saturated rings. The van der Waals surface area contributed by atoms with E-state index in [2.05, 4.69) is 178 Å². The fraction of sp³-hybridized carbons (Fsp3) is 0.368. The van der Waals surface area contributed by atoms with E-state index in [4.69, 9.17) is 4.11 Å². The van der Waals surface area contributed by atoms with Crippen LogP contribution in [0.15, 0.2) is 97.1 Å². The summed E-state index contributed by atoms with van der Waals surface area (Å²) >= 11 is 1.83. The van der Waals surface area contributed by atoms with Gasteiger partial charge in [-0.15, -0.1) is 11.3 Å². The number of anilines is 6. The quantitative estimate of drug-likeness (QED) is 0.160. The Morgan fingerprint density at radius 1 is 0.574 bits per heavy atom. The van der Waals surface area contributed by atoms with Gasteiger partial charge in [-0.1, -0.05) is 125 Å². The molecule has 2 aliphatic heterocycles. The van der Waals surface area contributed by atoms with E-state index in [1.54, 1.807) is 0 Å². The Kier molecular flexibility index (Phi) is 7.29. The van der Waals surface area contributed by atoms with Gasteiger partial charge < -0.3 is 9.80 Å². The van der Waals surface area contributed by atoms with Crippen molar-refractivity contribution in [2.75, 3.05) is 9.80 Å². The molecule has 0 N–H and O–H groups in total. The summed E-state index contributed by atoms with van der Waals surface area (Å²) in [7, 11) is 0. The molecule has 0 amide bonds. The van der Waals surface area contributed by atoms with Crippen molar-refractivity contribution in [3.05, 3.63) is 136 Å². The second-order valence-corrected chi connectivity index (χ2v) is 23.7.